The summed E-state index contributed by atoms with van der Waals surface area (Å²) in [6.45, 7) is 3.64. The Morgan fingerprint density at radius 1 is 0.862 bits per heavy atom. The highest BCUT2D eigenvalue weighted by atomic mass is 16.6. The molecule has 0 unspecified atom stereocenters. The average molecular weight is 395 g/mol. The summed E-state index contributed by atoms with van der Waals surface area (Å²) in [6, 6.07) is 11.2. The first-order valence-corrected chi connectivity index (χ1v) is 8.86. The van der Waals surface area contributed by atoms with E-state index in [0.29, 0.717) is 16.8 Å². The van der Waals surface area contributed by atoms with E-state index in [9.17, 15) is 19.2 Å². The van der Waals surface area contributed by atoms with Gasteiger partial charge in [-0.25, -0.2) is 0 Å². The van der Waals surface area contributed by atoms with Crippen LogP contribution in [0.2, 0.25) is 0 Å². The van der Waals surface area contributed by atoms with Crippen LogP contribution in [0.5, 0.6) is 5.75 Å². The molecule has 8 nitrogen and oxygen atoms in total. The van der Waals surface area contributed by atoms with E-state index in [1.165, 1.54) is 32.9 Å². The molecule has 0 saturated carbocycles. The number of ketones is 1. The van der Waals surface area contributed by atoms with Gasteiger partial charge in [-0.3, -0.25) is 19.2 Å². The molecule has 0 bridgehead atoms. The predicted octanol–water partition coefficient (Wildman–Crippen LogP) is 2.30. The van der Waals surface area contributed by atoms with Gasteiger partial charge in [0.15, 0.2) is 0 Å². The van der Waals surface area contributed by atoms with Crippen molar-refractivity contribution >= 4 is 29.4 Å². The molecule has 4 rings (SSSR count). The predicted molar refractivity (Wildman–Crippen MR) is 99.2 cm³/mol. The molecule has 0 aromatic heterocycles. The summed E-state index contributed by atoms with van der Waals surface area (Å²) in [7, 11) is 0. The van der Waals surface area contributed by atoms with E-state index in [1.54, 1.807) is 30.3 Å². The van der Waals surface area contributed by atoms with Crippen molar-refractivity contribution in [2.24, 2.45) is 0 Å². The first kappa shape index (κ1) is 18.7. The maximum Gasteiger partial charge on any atom is 0.308 e. The van der Waals surface area contributed by atoms with Gasteiger partial charge < -0.3 is 19.5 Å². The first-order valence-electron chi connectivity index (χ1n) is 8.86. The van der Waals surface area contributed by atoms with E-state index < -0.39 is 35.0 Å². The molecule has 2 aromatic rings. The molecule has 1 aliphatic carbocycles. The number of Topliss-reactive ketones (excluding diaryl/α,β-unsaturated/α-hetero) is 1. The summed E-state index contributed by atoms with van der Waals surface area (Å²) in [4.78, 5) is 48.9. The Hall–Kier alpha value is -3.68. The maximum absolute atomic E-state index is 13.4. The van der Waals surface area contributed by atoms with Crippen LogP contribution >= 0.6 is 0 Å². The molecule has 2 atom stereocenters. The number of ether oxygens (including phenoxy) is 3. The number of fused-ring (bicyclic) bond motifs is 5. The number of carbonyl (C=O) groups is 4. The second-order valence-electron chi connectivity index (χ2n) is 6.85. The summed E-state index contributed by atoms with van der Waals surface area (Å²) >= 11 is 0. The quantitative estimate of drug-likeness (QED) is 0.623. The molecule has 8 heteroatoms. The van der Waals surface area contributed by atoms with Crippen LogP contribution in [-0.4, -0.2) is 29.4 Å². The van der Waals surface area contributed by atoms with Gasteiger partial charge in [-0.2, -0.15) is 0 Å². The fourth-order valence-electron chi connectivity index (χ4n) is 4.12. The largest absolute Gasteiger partial charge is 0.442 e. The van der Waals surface area contributed by atoms with Gasteiger partial charge >= 0.3 is 17.9 Å². The first-order chi connectivity index (χ1) is 13.7. The van der Waals surface area contributed by atoms with Gasteiger partial charge in [0.05, 0.1) is 0 Å². The standard InChI is InChI=1S/C21H17NO7/c1-11(23)27-14-8-9-17-18(10-14)22-21(29-13(3)25)19(26)15-6-4-5-7-16(15)20(17,21)28-12(2)24/h4-10,22H,1-3H3/t20-,21+/m0/s1. The Kier molecular flexibility index (Phi) is 3.97. The summed E-state index contributed by atoms with van der Waals surface area (Å²) in [6.07, 6.45) is 0. The number of hydrogen-bond donors (Lipinski definition) is 1. The molecule has 2 aliphatic rings. The van der Waals surface area contributed by atoms with Gasteiger partial charge in [-0.05, 0) is 12.1 Å². The van der Waals surface area contributed by atoms with E-state index >= 15 is 0 Å². The van der Waals surface area contributed by atoms with Crippen LogP contribution in [0.3, 0.4) is 0 Å². The SMILES string of the molecule is CC(=O)Oc1ccc2c(c1)N[C@@]1(OC(C)=O)C(=O)c3ccccc3[C@]21OC(C)=O. The van der Waals surface area contributed by atoms with Crippen LogP contribution in [0.15, 0.2) is 42.5 Å². The summed E-state index contributed by atoms with van der Waals surface area (Å²) < 4.78 is 16.4. The zero-order valence-electron chi connectivity index (χ0n) is 15.9. The number of carbonyl (C=O) groups excluding carboxylic acids is 4. The minimum Gasteiger partial charge on any atom is -0.442 e. The van der Waals surface area contributed by atoms with Gasteiger partial charge in [-0.15, -0.1) is 0 Å². The second-order valence-corrected chi connectivity index (χ2v) is 6.85. The number of anilines is 1. The van der Waals surface area contributed by atoms with Gasteiger partial charge in [0.1, 0.15) is 5.75 Å². The number of benzene rings is 2. The Balaban J connectivity index is 2.03. The summed E-state index contributed by atoms with van der Waals surface area (Å²) in [5, 5.41) is 2.94. The lowest BCUT2D eigenvalue weighted by molar-refractivity contribution is -0.184. The zero-order chi connectivity index (χ0) is 21.0. The highest BCUT2D eigenvalue weighted by Gasteiger charge is 2.74. The van der Waals surface area contributed by atoms with Crippen molar-refractivity contribution in [2.75, 3.05) is 5.32 Å². The average Bonchev–Trinajstić information content (AvgIpc) is 2.99. The van der Waals surface area contributed by atoms with Crippen LogP contribution in [0.4, 0.5) is 5.69 Å². The molecular weight excluding hydrogens is 378 g/mol. The van der Waals surface area contributed by atoms with Gasteiger partial charge in [0.2, 0.25) is 11.4 Å². The second kappa shape index (κ2) is 6.16. The van der Waals surface area contributed by atoms with Crippen LogP contribution in [0.25, 0.3) is 0 Å². The molecule has 0 radical (unpaired) electrons. The van der Waals surface area contributed by atoms with Gasteiger partial charge in [-0.1, -0.05) is 24.3 Å². The molecular formula is C21H17NO7. The van der Waals surface area contributed by atoms with Gasteiger partial charge in [0, 0.05) is 49.2 Å². The third kappa shape index (κ3) is 2.45. The fraction of sp³-hybridized carbons (Fsp3) is 0.238. The van der Waals surface area contributed by atoms with E-state index in [4.69, 9.17) is 14.2 Å². The normalized spacial score (nSPS) is 23.3. The lowest BCUT2D eigenvalue weighted by atomic mass is 9.84. The number of nitrogens with one attached hydrogen (secondary N) is 1. The Morgan fingerprint density at radius 2 is 1.55 bits per heavy atom. The van der Waals surface area contributed by atoms with Crippen molar-refractivity contribution in [1.82, 2.24) is 0 Å². The highest BCUT2D eigenvalue weighted by molar-refractivity contribution is 6.13. The molecule has 0 fully saturated rings. The third-order valence-electron chi connectivity index (χ3n) is 4.90. The third-order valence-corrected chi connectivity index (χ3v) is 4.90. The molecule has 29 heavy (non-hydrogen) atoms. The summed E-state index contributed by atoms with van der Waals surface area (Å²) in [5.74, 6) is -2.24. The van der Waals surface area contributed by atoms with Crippen molar-refractivity contribution in [3.8, 4) is 5.75 Å². The molecule has 1 heterocycles. The zero-order valence-corrected chi connectivity index (χ0v) is 15.9. The van der Waals surface area contributed by atoms with Crippen LogP contribution in [-0.2, 0) is 29.5 Å². The Morgan fingerprint density at radius 3 is 2.21 bits per heavy atom. The van der Waals surface area contributed by atoms with E-state index in [2.05, 4.69) is 5.32 Å². The molecule has 0 saturated heterocycles. The Bertz CT molecular complexity index is 1090. The van der Waals surface area contributed by atoms with E-state index in [0.717, 1.165) is 0 Å². The van der Waals surface area contributed by atoms with E-state index in [-0.39, 0.29) is 11.3 Å². The summed E-state index contributed by atoms with van der Waals surface area (Å²) in [5.41, 5.74) is -2.31. The van der Waals surface area contributed by atoms with Crippen LogP contribution in [0.1, 0.15) is 42.3 Å². The fourth-order valence-corrected chi connectivity index (χ4v) is 4.12. The maximum atomic E-state index is 13.4. The number of rotatable bonds is 3. The minimum absolute atomic E-state index is 0.223. The lowest BCUT2D eigenvalue weighted by Crippen LogP contribution is -2.58. The Labute approximate surface area is 165 Å². The van der Waals surface area contributed by atoms with Crippen LogP contribution in [0, 0.1) is 0 Å². The minimum atomic E-state index is -2.01. The van der Waals surface area contributed by atoms with Crippen molar-refractivity contribution in [3.05, 3.63) is 59.2 Å². The monoisotopic (exact) mass is 395 g/mol. The molecule has 0 amide bonds. The number of hydrogen-bond acceptors (Lipinski definition) is 8. The topological polar surface area (TPSA) is 108 Å². The van der Waals surface area contributed by atoms with E-state index in [1.807, 2.05) is 0 Å². The molecule has 148 valence electrons. The van der Waals surface area contributed by atoms with Crippen molar-refractivity contribution in [2.45, 2.75) is 32.1 Å². The highest BCUT2D eigenvalue weighted by Crippen LogP contribution is 2.59. The molecule has 1 N–H and O–H groups in total. The van der Waals surface area contributed by atoms with Crippen molar-refractivity contribution in [1.29, 1.82) is 0 Å². The molecule has 2 aromatic carbocycles. The number of esters is 3. The molecule has 0 spiro atoms. The lowest BCUT2D eigenvalue weighted by Gasteiger charge is -2.37. The van der Waals surface area contributed by atoms with Crippen molar-refractivity contribution < 1.29 is 33.4 Å². The smallest absolute Gasteiger partial charge is 0.308 e. The van der Waals surface area contributed by atoms with Crippen LogP contribution < -0.4 is 10.1 Å². The van der Waals surface area contributed by atoms with Crippen molar-refractivity contribution in [3.63, 3.8) is 0 Å². The molecule has 1 aliphatic heterocycles. The van der Waals surface area contributed by atoms with Gasteiger partial charge in [0.25, 0.3) is 5.72 Å².